The summed E-state index contributed by atoms with van der Waals surface area (Å²) in [5.41, 5.74) is 4.24. The highest BCUT2D eigenvalue weighted by molar-refractivity contribution is 7.89. The predicted molar refractivity (Wildman–Crippen MR) is 128 cm³/mol. The van der Waals surface area contributed by atoms with Gasteiger partial charge >= 0.3 is 0 Å². The molecule has 2 fully saturated rings. The third-order valence-corrected chi connectivity index (χ3v) is 8.20. The molecular weight excluding hydrogens is 424 g/mol. The van der Waals surface area contributed by atoms with Crippen LogP contribution in [-0.4, -0.2) is 69.3 Å². The van der Waals surface area contributed by atoms with E-state index in [2.05, 4.69) is 23.2 Å². The monoisotopic (exact) mass is 456 g/mol. The van der Waals surface area contributed by atoms with Crippen LogP contribution in [0.4, 0.5) is 11.4 Å². The molecule has 0 bridgehead atoms. The summed E-state index contributed by atoms with van der Waals surface area (Å²) >= 11 is 0. The normalized spacial score (nSPS) is 18.1. The van der Waals surface area contributed by atoms with Gasteiger partial charge in [-0.2, -0.15) is 4.31 Å². The summed E-state index contributed by atoms with van der Waals surface area (Å²) < 4.78 is 27.2. The fourth-order valence-electron chi connectivity index (χ4n) is 4.44. The Balaban J connectivity index is 1.29. The van der Waals surface area contributed by atoms with Crippen molar-refractivity contribution >= 4 is 27.3 Å². The van der Waals surface area contributed by atoms with E-state index in [1.807, 2.05) is 36.1 Å². The largest absolute Gasteiger partial charge is 0.371 e. The van der Waals surface area contributed by atoms with E-state index in [-0.39, 0.29) is 12.5 Å². The zero-order valence-electron chi connectivity index (χ0n) is 18.9. The maximum absolute atomic E-state index is 12.8. The summed E-state index contributed by atoms with van der Waals surface area (Å²) in [5, 5.41) is 2.99. The zero-order chi connectivity index (χ0) is 22.7. The molecule has 4 rings (SSSR count). The van der Waals surface area contributed by atoms with E-state index in [1.54, 1.807) is 12.1 Å². The summed E-state index contributed by atoms with van der Waals surface area (Å²) in [6.45, 7) is 8.29. The van der Waals surface area contributed by atoms with Crippen LogP contribution in [0.25, 0.3) is 0 Å². The first kappa shape index (κ1) is 22.8. The third-order valence-electron chi connectivity index (χ3n) is 6.28. The number of carbonyl (C=O) groups is 1. The molecule has 0 saturated carbocycles. The van der Waals surface area contributed by atoms with Crippen molar-refractivity contribution < 1.29 is 13.2 Å². The number of benzene rings is 2. The van der Waals surface area contributed by atoms with Crippen LogP contribution in [0.2, 0.25) is 0 Å². The Hall–Kier alpha value is -2.42. The number of nitrogens with zero attached hydrogens (tertiary/aromatic N) is 3. The van der Waals surface area contributed by atoms with Crippen LogP contribution in [-0.2, 0) is 14.8 Å². The van der Waals surface area contributed by atoms with E-state index < -0.39 is 10.0 Å². The van der Waals surface area contributed by atoms with Gasteiger partial charge in [-0.25, -0.2) is 8.42 Å². The number of sulfonamides is 1. The number of aryl methyl sites for hydroxylation is 2. The topological polar surface area (TPSA) is 73.0 Å². The first-order valence-corrected chi connectivity index (χ1v) is 12.7. The maximum atomic E-state index is 12.8. The quantitative estimate of drug-likeness (QED) is 0.724. The number of hydrogen-bond donors (Lipinski definition) is 1. The Kier molecular flexibility index (Phi) is 6.83. The minimum absolute atomic E-state index is 0.0758. The minimum Gasteiger partial charge on any atom is -0.371 e. The minimum atomic E-state index is -3.49. The summed E-state index contributed by atoms with van der Waals surface area (Å²) in [6.07, 6.45) is 2.47. The highest BCUT2D eigenvalue weighted by atomic mass is 32.2. The van der Waals surface area contributed by atoms with Crippen LogP contribution >= 0.6 is 0 Å². The van der Waals surface area contributed by atoms with Crippen LogP contribution in [0, 0.1) is 13.8 Å². The number of carbonyl (C=O) groups excluding carboxylic acids is 1. The average Bonchev–Trinajstić information content (AvgIpc) is 3.29. The fourth-order valence-corrected chi connectivity index (χ4v) is 5.86. The molecule has 0 aromatic heterocycles. The SMILES string of the molecule is Cc1ccc(S(=O)(=O)N2CCN(CC(=O)Nc3ccc(N4CCCC4)c(C)c3)CC2)cc1. The van der Waals surface area contributed by atoms with Crippen molar-refractivity contribution in [3.63, 3.8) is 0 Å². The summed E-state index contributed by atoms with van der Waals surface area (Å²) in [4.78, 5) is 17.3. The molecular formula is C24H32N4O3S. The molecule has 2 aromatic carbocycles. The van der Waals surface area contributed by atoms with Crippen LogP contribution < -0.4 is 10.2 Å². The number of amides is 1. The van der Waals surface area contributed by atoms with E-state index in [9.17, 15) is 13.2 Å². The van der Waals surface area contributed by atoms with Crippen molar-refractivity contribution in [2.45, 2.75) is 31.6 Å². The molecule has 2 aliphatic rings. The molecule has 1 N–H and O–H groups in total. The van der Waals surface area contributed by atoms with Gasteiger partial charge in [0.2, 0.25) is 15.9 Å². The maximum Gasteiger partial charge on any atom is 0.243 e. The molecule has 2 aliphatic heterocycles. The lowest BCUT2D eigenvalue weighted by Gasteiger charge is -2.33. The van der Waals surface area contributed by atoms with Gasteiger partial charge in [0.25, 0.3) is 0 Å². The third kappa shape index (κ3) is 5.14. The molecule has 0 spiro atoms. The molecule has 0 aliphatic carbocycles. The van der Waals surface area contributed by atoms with Crippen molar-refractivity contribution in [3.8, 4) is 0 Å². The van der Waals surface area contributed by atoms with E-state index in [4.69, 9.17) is 0 Å². The van der Waals surface area contributed by atoms with Gasteiger partial charge in [-0.15, -0.1) is 0 Å². The molecule has 2 aromatic rings. The lowest BCUT2D eigenvalue weighted by Crippen LogP contribution is -2.50. The zero-order valence-corrected chi connectivity index (χ0v) is 19.7. The van der Waals surface area contributed by atoms with Crippen molar-refractivity contribution in [2.75, 3.05) is 56.0 Å². The fraction of sp³-hybridized carbons (Fsp3) is 0.458. The van der Waals surface area contributed by atoms with Crippen molar-refractivity contribution in [2.24, 2.45) is 0 Å². The van der Waals surface area contributed by atoms with Crippen LogP contribution in [0.1, 0.15) is 24.0 Å². The van der Waals surface area contributed by atoms with E-state index in [0.717, 1.165) is 24.3 Å². The molecule has 0 unspecified atom stereocenters. The average molecular weight is 457 g/mol. The highest BCUT2D eigenvalue weighted by Gasteiger charge is 2.29. The Morgan fingerprint density at radius 1 is 0.906 bits per heavy atom. The predicted octanol–water partition coefficient (Wildman–Crippen LogP) is 2.85. The molecule has 1 amide bonds. The summed E-state index contributed by atoms with van der Waals surface area (Å²) in [5.74, 6) is -0.0758. The van der Waals surface area contributed by atoms with Gasteiger partial charge in [-0.3, -0.25) is 9.69 Å². The van der Waals surface area contributed by atoms with Crippen LogP contribution in [0.5, 0.6) is 0 Å². The number of nitrogens with one attached hydrogen (secondary N) is 1. The van der Waals surface area contributed by atoms with E-state index in [0.29, 0.717) is 31.1 Å². The van der Waals surface area contributed by atoms with Crippen molar-refractivity contribution in [1.29, 1.82) is 0 Å². The van der Waals surface area contributed by atoms with E-state index >= 15 is 0 Å². The van der Waals surface area contributed by atoms with Gasteiger partial charge in [0, 0.05) is 50.6 Å². The first-order chi connectivity index (χ1) is 15.3. The second kappa shape index (κ2) is 9.60. The van der Waals surface area contributed by atoms with Gasteiger partial charge in [-0.1, -0.05) is 17.7 Å². The second-order valence-corrected chi connectivity index (χ2v) is 10.7. The highest BCUT2D eigenvalue weighted by Crippen LogP contribution is 2.26. The first-order valence-electron chi connectivity index (χ1n) is 11.3. The van der Waals surface area contributed by atoms with Gasteiger partial charge in [0.05, 0.1) is 11.4 Å². The standard InChI is InChI=1S/C24H32N4O3S/c1-19-5-8-22(9-6-19)32(30,31)28-15-13-26(14-16-28)18-24(29)25-21-7-10-23(20(2)17-21)27-11-3-4-12-27/h5-10,17H,3-4,11-16,18H2,1-2H3,(H,25,29). The van der Waals surface area contributed by atoms with Crippen LogP contribution in [0.3, 0.4) is 0 Å². The summed E-state index contributed by atoms with van der Waals surface area (Å²) in [6, 6.07) is 13.0. The molecule has 8 heteroatoms. The van der Waals surface area contributed by atoms with Gasteiger partial charge in [0.15, 0.2) is 0 Å². The Morgan fingerprint density at radius 3 is 2.19 bits per heavy atom. The van der Waals surface area contributed by atoms with Crippen molar-refractivity contribution in [1.82, 2.24) is 9.21 Å². The Bertz CT molecular complexity index is 1060. The molecule has 32 heavy (non-hydrogen) atoms. The van der Waals surface area contributed by atoms with Gasteiger partial charge in [0.1, 0.15) is 0 Å². The summed E-state index contributed by atoms with van der Waals surface area (Å²) in [7, 11) is -3.49. The number of piperazine rings is 1. The molecule has 172 valence electrons. The lowest BCUT2D eigenvalue weighted by atomic mass is 10.1. The molecule has 7 nitrogen and oxygen atoms in total. The molecule has 0 atom stereocenters. The van der Waals surface area contributed by atoms with Gasteiger partial charge < -0.3 is 10.2 Å². The smallest absolute Gasteiger partial charge is 0.243 e. The Labute approximate surface area is 191 Å². The van der Waals surface area contributed by atoms with Crippen LogP contribution in [0.15, 0.2) is 47.4 Å². The second-order valence-electron chi connectivity index (χ2n) is 8.74. The number of rotatable bonds is 6. The molecule has 2 saturated heterocycles. The van der Waals surface area contributed by atoms with Gasteiger partial charge in [-0.05, 0) is 62.6 Å². The molecule has 2 heterocycles. The van der Waals surface area contributed by atoms with E-state index in [1.165, 1.54) is 28.4 Å². The number of hydrogen-bond acceptors (Lipinski definition) is 5. The molecule has 0 radical (unpaired) electrons. The lowest BCUT2D eigenvalue weighted by molar-refractivity contribution is -0.117. The Morgan fingerprint density at radius 2 is 1.56 bits per heavy atom. The number of anilines is 2. The van der Waals surface area contributed by atoms with Crippen molar-refractivity contribution in [3.05, 3.63) is 53.6 Å².